The van der Waals surface area contributed by atoms with Crippen LogP contribution in [0.1, 0.15) is 17.0 Å². The first-order valence-electron chi connectivity index (χ1n) is 4.57. The van der Waals surface area contributed by atoms with E-state index in [2.05, 4.69) is 0 Å². The number of thioether (sulfide) groups is 1. The highest BCUT2D eigenvalue weighted by molar-refractivity contribution is 7.99. The van der Waals surface area contributed by atoms with Crippen molar-refractivity contribution in [2.24, 2.45) is 0 Å². The molecule has 0 aliphatic carbocycles. The van der Waals surface area contributed by atoms with Crippen molar-refractivity contribution in [3.05, 3.63) is 22.2 Å². The normalized spacial score (nSPS) is 10.5. The molecule has 1 rings (SSSR count). The fourth-order valence-electron chi connectivity index (χ4n) is 1.01. The van der Waals surface area contributed by atoms with E-state index < -0.39 is 5.56 Å². The molecule has 0 aliphatic rings. The summed E-state index contributed by atoms with van der Waals surface area (Å²) < 4.78 is 5.69. The molecule has 0 saturated heterocycles. The van der Waals surface area contributed by atoms with Gasteiger partial charge in [0.1, 0.15) is 5.76 Å². The van der Waals surface area contributed by atoms with Crippen molar-refractivity contribution < 1.29 is 14.4 Å². The molecule has 0 spiro atoms. The number of aromatic nitrogens is 1. The van der Waals surface area contributed by atoms with Crippen molar-refractivity contribution >= 4 is 17.7 Å². The van der Waals surface area contributed by atoms with Gasteiger partial charge in [0.2, 0.25) is 0 Å². The van der Waals surface area contributed by atoms with E-state index in [0.717, 1.165) is 4.74 Å². The van der Waals surface area contributed by atoms with Gasteiger partial charge in [-0.25, -0.2) is 0 Å². The van der Waals surface area contributed by atoms with Crippen LogP contribution in [0, 0.1) is 6.92 Å². The van der Waals surface area contributed by atoms with Gasteiger partial charge in [-0.15, -0.1) is 4.74 Å². The van der Waals surface area contributed by atoms with Crippen molar-refractivity contribution in [2.45, 2.75) is 13.3 Å². The zero-order valence-electron chi connectivity index (χ0n) is 8.43. The summed E-state index contributed by atoms with van der Waals surface area (Å²) in [5, 5.41) is 8.52. The molecule has 5 nitrogen and oxygen atoms in total. The Morgan fingerprint density at radius 1 is 1.67 bits per heavy atom. The molecule has 0 radical (unpaired) electrons. The standard InChI is InChI=1S/C9H13NO4S/c1-7-5-8(12)10(14-7)9(13)6-15-4-2-3-11/h5,11H,2-4,6H2,1H3. The van der Waals surface area contributed by atoms with Gasteiger partial charge in [-0.1, -0.05) is 0 Å². The predicted octanol–water partition coefficient (Wildman–Crippen LogP) is 0.506. The Bertz CT molecular complexity index is 382. The molecular weight excluding hydrogens is 218 g/mol. The van der Waals surface area contributed by atoms with Gasteiger partial charge >= 0.3 is 0 Å². The van der Waals surface area contributed by atoms with Crippen LogP contribution in [0.25, 0.3) is 0 Å². The third-order valence-corrected chi connectivity index (χ3v) is 2.69. The molecule has 1 heterocycles. The molecule has 0 fully saturated rings. The summed E-state index contributed by atoms with van der Waals surface area (Å²) >= 11 is 1.37. The number of aliphatic hydroxyl groups excluding tert-OH is 1. The molecule has 0 atom stereocenters. The lowest BCUT2D eigenvalue weighted by atomic mass is 10.5. The van der Waals surface area contributed by atoms with Crippen molar-refractivity contribution in [1.29, 1.82) is 0 Å². The molecule has 84 valence electrons. The SMILES string of the molecule is Cc1cc(=O)n(C(=O)CSCCCO)o1. The zero-order chi connectivity index (χ0) is 11.3. The maximum Gasteiger partial charge on any atom is 0.290 e. The highest BCUT2D eigenvalue weighted by Crippen LogP contribution is 2.03. The molecule has 1 aromatic heterocycles. The number of hydrogen-bond donors (Lipinski definition) is 1. The fraction of sp³-hybridized carbons (Fsp3) is 0.556. The lowest BCUT2D eigenvalue weighted by Crippen LogP contribution is -2.23. The zero-order valence-corrected chi connectivity index (χ0v) is 9.25. The van der Waals surface area contributed by atoms with E-state index in [1.807, 2.05) is 0 Å². The van der Waals surface area contributed by atoms with Crippen LogP contribution in [-0.4, -0.2) is 33.9 Å². The summed E-state index contributed by atoms with van der Waals surface area (Å²) in [5.74, 6) is 0.938. The van der Waals surface area contributed by atoms with Crippen LogP contribution >= 0.6 is 11.8 Å². The minimum atomic E-state index is -0.430. The summed E-state index contributed by atoms with van der Waals surface area (Å²) in [6, 6.07) is 1.27. The number of carbonyl (C=O) groups is 1. The van der Waals surface area contributed by atoms with E-state index in [1.54, 1.807) is 6.92 Å². The average molecular weight is 231 g/mol. The second kappa shape index (κ2) is 5.77. The summed E-state index contributed by atoms with van der Waals surface area (Å²) in [7, 11) is 0. The van der Waals surface area contributed by atoms with E-state index in [1.165, 1.54) is 17.8 Å². The van der Waals surface area contributed by atoms with Gasteiger partial charge in [0.05, 0.1) is 5.75 Å². The van der Waals surface area contributed by atoms with Crippen molar-refractivity contribution in [3.8, 4) is 0 Å². The molecule has 0 bridgehead atoms. The van der Waals surface area contributed by atoms with Gasteiger partial charge in [0.25, 0.3) is 11.5 Å². The number of carbonyl (C=O) groups excluding carboxylic acids is 1. The summed E-state index contributed by atoms with van der Waals surface area (Å²) in [6.07, 6.45) is 0.643. The van der Waals surface area contributed by atoms with Gasteiger partial charge in [-0.3, -0.25) is 9.59 Å². The average Bonchev–Trinajstić information content (AvgIpc) is 2.52. The lowest BCUT2D eigenvalue weighted by Gasteiger charge is -1.98. The highest BCUT2D eigenvalue weighted by atomic mass is 32.2. The number of nitrogens with zero attached hydrogens (tertiary/aromatic N) is 1. The van der Waals surface area contributed by atoms with Gasteiger partial charge in [0.15, 0.2) is 0 Å². The summed E-state index contributed by atoms with van der Waals surface area (Å²) in [6.45, 7) is 1.73. The molecule has 15 heavy (non-hydrogen) atoms. The fourth-order valence-corrected chi connectivity index (χ4v) is 1.78. The number of rotatable bonds is 5. The predicted molar refractivity (Wildman–Crippen MR) is 57.4 cm³/mol. The van der Waals surface area contributed by atoms with E-state index >= 15 is 0 Å². The summed E-state index contributed by atoms with van der Waals surface area (Å²) in [5.41, 5.74) is -0.430. The Balaban J connectivity index is 2.47. The monoisotopic (exact) mass is 231 g/mol. The van der Waals surface area contributed by atoms with E-state index in [0.29, 0.717) is 17.9 Å². The molecule has 0 aromatic carbocycles. The molecule has 0 amide bonds. The van der Waals surface area contributed by atoms with Gasteiger partial charge in [0, 0.05) is 12.7 Å². The Kier molecular flexibility index (Phi) is 4.64. The quantitative estimate of drug-likeness (QED) is 0.747. The van der Waals surface area contributed by atoms with Crippen LogP contribution in [0.2, 0.25) is 0 Å². The van der Waals surface area contributed by atoms with Crippen molar-refractivity contribution in [2.75, 3.05) is 18.1 Å². The molecule has 1 aromatic rings. The lowest BCUT2D eigenvalue weighted by molar-refractivity contribution is 0.0813. The van der Waals surface area contributed by atoms with Crippen LogP contribution in [-0.2, 0) is 0 Å². The first kappa shape index (κ1) is 12.1. The highest BCUT2D eigenvalue weighted by Gasteiger charge is 2.11. The van der Waals surface area contributed by atoms with E-state index in [9.17, 15) is 9.59 Å². The van der Waals surface area contributed by atoms with Crippen LogP contribution in [0.5, 0.6) is 0 Å². The maximum atomic E-state index is 11.4. The molecule has 0 aliphatic heterocycles. The molecule has 1 N–H and O–H groups in total. The first-order chi connectivity index (χ1) is 7.15. The minimum absolute atomic E-state index is 0.112. The van der Waals surface area contributed by atoms with Crippen LogP contribution in [0.15, 0.2) is 15.4 Å². The molecule has 0 saturated carbocycles. The van der Waals surface area contributed by atoms with Crippen molar-refractivity contribution in [3.63, 3.8) is 0 Å². The van der Waals surface area contributed by atoms with Gasteiger partial charge in [-0.2, -0.15) is 11.8 Å². The minimum Gasteiger partial charge on any atom is -0.396 e. The Morgan fingerprint density at radius 3 is 2.93 bits per heavy atom. The molecule has 0 unspecified atom stereocenters. The van der Waals surface area contributed by atoms with Crippen molar-refractivity contribution in [1.82, 2.24) is 4.74 Å². The van der Waals surface area contributed by atoms with E-state index in [4.69, 9.17) is 9.63 Å². The van der Waals surface area contributed by atoms with Crippen LogP contribution in [0.4, 0.5) is 0 Å². The van der Waals surface area contributed by atoms with E-state index in [-0.39, 0.29) is 18.3 Å². The number of aliphatic hydroxyl groups is 1. The third-order valence-electron chi connectivity index (χ3n) is 1.66. The Morgan fingerprint density at radius 2 is 2.40 bits per heavy atom. The second-order valence-electron chi connectivity index (χ2n) is 3.00. The summed E-state index contributed by atoms with van der Waals surface area (Å²) in [4.78, 5) is 22.6. The third kappa shape index (κ3) is 3.56. The largest absolute Gasteiger partial charge is 0.396 e. The number of aryl methyl sites for hydroxylation is 1. The topological polar surface area (TPSA) is 72.4 Å². The van der Waals surface area contributed by atoms with Gasteiger partial charge < -0.3 is 9.63 Å². The molecular formula is C9H13NO4S. The Hall–Kier alpha value is -1.01. The first-order valence-corrected chi connectivity index (χ1v) is 5.72. The van der Waals surface area contributed by atoms with Crippen LogP contribution < -0.4 is 5.56 Å². The Labute approximate surface area is 91.0 Å². The smallest absolute Gasteiger partial charge is 0.290 e. The maximum absolute atomic E-state index is 11.4. The van der Waals surface area contributed by atoms with Crippen LogP contribution in [0.3, 0.4) is 0 Å². The van der Waals surface area contributed by atoms with Gasteiger partial charge in [-0.05, 0) is 19.1 Å². The molecule has 6 heteroatoms. The second-order valence-corrected chi connectivity index (χ2v) is 4.11. The number of hydrogen-bond acceptors (Lipinski definition) is 5.